The van der Waals surface area contributed by atoms with Crippen molar-refractivity contribution in [2.24, 2.45) is 22.7 Å². The summed E-state index contributed by atoms with van der Waals surface area (Å²) in [5.74, 6) is 0.762. The molecule has 4 amide bonds. The zero-order chi connectivity index (χ0) is 41.5. The van der Waals surface area contributed by atoms with Crippen molar-refractivity contribution in [1.29, 1.82) is 0 Å². The highest BCUT2D eigenvalue weighted by atomic mass is 16.6. The number of ether oxygens (including phenoxy) is 2. The lowest BCUT2D eigenvalue weighted by atomic mass is 9.75. The van der Waals surface area contributed by atoms with E-state index < -0.39 is 35.3 Å². The zero-order valence-electron chi connectivity index (χ0n) is 37.3. The molecule has 3 aliphatic rings. The van der Waals surface area contributed by atoms with E-state index in [1.165, 1.54) is 0 Å². The van der Waals surface area contributed by atoms with Crippen LogP contribution >= 0.6 is 0 Å². The van der Waals surface area contributed by atoms with Crippen LogP contribution in [-0.4, -0.2) is 108 Å². The molecule has 3 heterocycles. The number of hydrogen-bond donors (Lipinski definition) is 2. The van der Waals surface area contributed by atoms with Crippen LogP contribution < -0.4 is 10.6 Å². The van der Waals surface area contributed by atoms with E-state index >= 15 is 0 Å². The van der Waals surface area contributed by atoms with Gasteiger partial charge in [-0.15, -0.1) is 0 Å². The van der Waals surface area contributed by atoms with E-state index in [1.807, 2.05) is 37.5 Å². The molecule has 12 nitrogen and oxygen atoms in total. The van der Waals surface area contributed by atoms with Crippen LogP contribution in [0.4, 0.5) is 9.59 Å². The molecule has 0 saturated carbocycles. The largest absolute Gasteiger partial charge is 0.449 e. The average Bonchev–Trinajstić information content (AvgIpc) is 3.18. The number of amides is 4. The molecule has 0 aromatic rings. The molecule has 0 aromatic carbocycles. The van der Waals surface area contributed by atoms with Crippen LogP contribution in [0, 0.1) is 22.7 Å². The topological polar surface area (TPSA) is 124 Å². The molecule has 12 heteroatoms. The standard InChI is InChI=1S/C44H82N6O6/c1-11-17-21-25-35(45-41(53)55-31-33(15-5)23-19-13-3)49-37(43(7,8)39(49)51)47-27-29-48(30-28-47)38-44(9,10)40(52)50(38)36(26-22-18-12-2)46-42(54)56-32-34(16-6)24-20-14-4/h33-38H,11-32H2,1-10H3,(H,45,53)(H,46,54). The summed E-state index contributed by atoms with van der Waals surface area (Å²) in [7, 11) is 0. The van der Waals surface area contributed by atoms with Crippen LogP contribution in [0.2, 0.25) is 0 Å². The summed E-state index contributed by atoms with van der Waals surface area (Å²) in [6, 6.07) is 0. The predicted octanol–water partition coefficient (Wildman–Crippen LogP) is 8.69. The Labute approximate surface area is 340 Å². The maximum Gasteiger partial charge on any atom is 0.408 e. The number of nitrogens with one attached hydrogen (secondary N) is 2. The van der Waals surface area contributed by atoms with E-state index in [1.54, 1.807) is 0 Å². The molecule has 0 spiro atoms. The number of alkyl carbamates (subject to hydrolysis) is 2. The normalized spacial score (nSPS) is 23.1. The number of carbonyl (C=O) groups excluding carboxylic acids is 4. The van der Waals surface area contributed by atoms with Crippen molar-refractivity contribution < 1.29 is 28.7 Å². The summed E-state index contributed by atoms with van der Waals surface area (Å²) in [5, 5.41) is 6.22. The van der Waals surface area contributed by atoms with Crippen LogP contribution in [-0.2, 0) is 19.1 Å². The van der Waals surface area contributed by atoms with E-state index in [0.29, 0.717) is 64.1 Å². The molecule has 0 aliphatic carbocycles. The molecule has 0 radical (unpaired) electrons. The Hall–Kier alpha value is -2.60. The zero-order valence-corrected chi connectivity index (χ0v) is 37.3. The fourth-order valence-electron chi connectivity index (χ4n) is 9.06. The predicted molar refractivity (Wildman–Crippen MR) is 223 cm³/mol. The van der Waals surface area contributed by atoms with Crippen molar-refractivity contribution in [3.8, 4) is 0 Å². The molecule has 56 heavy (non-hydrogen) atoms. The maximum absolute atomic E-state index is 13.8. The molecule has 6 atom stereocenters. The van der Waals surface area contributed by atoms with Gasteiger partial charge in [-0.05, 0) is 78.1 Å². The van der Waals surface area contributed by atoms with E-state index in [4.69, 9.17) is 9.47 Å². The SMILES string of the molecule is CCCCCC(NC(=O)OCC(CC)CCCC)N1C(=O)C(C)(C)C1N1CCN(C2N(C(CCCCC)NC(=O)OCC(CC)CCCC)C(=O)C2(C)C)CC1. The molecular formula is C44H82N6O6. The minimum atomic E-state index is -0.607. The molecule has 3 saturated heterocycles. The second-order valence-corrected chi connectivity index (χ2v) is 18.0. The first-order valence-corrected chi connectivity index (χ1v) is 22.7. The Bertz CT molecular complexity index is 1130. The van der Waals surface area contributed by atoms with Gasteiger partial charge in [-0.3, -0.25) is 19.4 Å². The first-order chi connectivity index (χ1) is 26.7. The molecular weight excluding hydrogens is 709 g/mol. The molecule has 0 aromatic heterocycles. The van der Waals surface area contributed by atoms with Crippen molar-refractivity contribution in [3.63, 3.8) is 0 Å². The number of piperazine rings is 1. The van der Waals surface area contributed by atoms with Crippen LogP contribution in [0.5, 0.6) is 0 Å². The van der Waals surface area contributed by atoms with E-state index in [9.17, 15) is 19.2 Å². The van der Waals surface area contributed by atoms with Gasteiger partial charge in [0.15, 0.2) is 0 Å². The van der Waals surface area contributed by atoms with Crippen molar-refractivity contribution in [2.75, 3.05) is 39.4 Å². The van der Waals surface area contributed by atoms with Crippen molar-refractivity contribution in [2.45, 2.75) is 197 Å². The number of carbonyl (C=O) groups is 4. The van der Waals surface area contributed by atoms with Gasteiger partial charge in [0.1, 0.15) is 24.7 Å². The fraction of sp³-hybridized carbons (Fsp3) is 0.909. The van der Waals surface area contributed by atoms with Gasteiger partial charge in [0.05, 0.1) is 24.0 Å². The smallest absolute Gasteiger partial charge is 0.408 e. The molecule has 3 aliphatic heterocycles. The molecule has 324 valence electrons. The average molecular weight is 791 g/mol. The summed E-state index contributed by atoms with van der Waals surface area (Å²) >= 11 is 0. The third-order valence-corrected chi connectivity index (χ3v) is 12.8. The minimum absolute atomic E-state index is 0.0431. The van der Waals surface area contributed by atoms with Gasteiger partial charge in [0, 0.05) is 26.2 Å². The van der Waals surface area contributed by atoms with E-state index in [-0.39, 0.29) is 24.1 Å². The van der Waals surface area contributed by atoms with E-state index in [2.05, 4.69) is 62.0 Å². The lowest BCUT2D eigenvalue weighted by molar-refractivity contribution is -0.211. The van der Waals surface area contributed by atoms with Gasteiger partial charge in [-0.1, -0.05) is 106 Å². The van der Waals surface area contributed by atoms with Crippen LogP contribution in [0.1, 0.15) is 172 Å². The summed E-state index contributed by atoms with van der Waals surface area (Å²) in [6.45, 7) is 24.6. The van der Waals surface area contributed by atoms with Crippen molar-refractivity contribution in [3.05, 3.63) is 0 Å². The van der Waals surface area contributed by atoms with Crippen LogP contribution in [0.15, 0.2) is 0 Å². The van der Waals surface area contributed by atoms with Crippen LogP contribution in [0.3, 0.4) is 0 Å². The van der Waals surface area contributed by atoms with Gasteiger partial charge in [0.25, 0.3) is 0 Å². The van der Waals surface area contributed by atoms with Gasteiger partial charge in [-0.2, -0.15) is 0 Å². The van der Waals surface area contributed by atoms with E-state index in [0.717, 1.165) is 89.9 Å². The number of rotatable bonds is 26. The third kappa shape index (κ3) is 12.2. The Morgan fingerprint density at radius 3 is 1.21 bits per heavy atom. The van der Waals surface area contributed by atoms with Gasteiger partial charge in [-0.25, -0.2) is 9.59 Å². The lowest BCUT2D eigenvalue weighted by Crippen LogP contribution is -2.80. The highest BCUT2D eigenvalue weighted by molar-refractivity contribution is 5.90. The number of unbranched alkanes of at least 4 members (excludes halogenated alkanes) is 6. The van der Waals surface area contributed by atoms with Gasteiger partial charge >= 0.3 is 12.2 Å². The summed E-state index contributed by atoms with van der Waals surface area (Å²) in [5.41, 5.74) is -1.21. The monoisotopic (exact) mass is 791 g/mol. The van der Waals surface area contributed by atoms with Crippen molar-refractivity contribution in [1.82, 2.24) is 30.2 Å². The summed E-state index contributed by atoms with van der Waals surface area (Å²) in [4.78, 5) is 62.7. The number of nitrogens with zero attached hydrogens (tertiary/aromatic N) is 4. The number of hydrogen-bond acceptors (Lipinski definition) is 8. The van der Waals surface area contributed by atoms with Crippen LogP contribution in [0.25, 0.3) is 0 Å². The van der Waals surface area contributed by atoms with Gasteiger partial charge < -0.3 is 29.9 Å². The second kappa shape index (κ2) is 23.1. The Balaban J connectivity index is 1.73. The minimum Gasteiger partial charge on any atom is -0.449 e. The molecule has 6 unspecified atom stereocenters. The summed E-state index contributed by atoms with van der Waals surface area (Å²) < 4.78 is 11.5. The molecule has 3 fully saturated rings. The lowest BCUT2D eigenvalue weighted by Gasteiger charge is -2.63. The van der Waals surface area contributed by atoms with Gasteiger partial charge in [0.2, 0.25) is 11.8 Å². The fourth-order valence-corrected chi connectivity index (χ4v) is 9.06. The van der Waals surface area contributed by atoms with Crippen molar-refractivity contribution >= 4 is 24.0 Å². The second-order valence-electron chi connectivity index (χ2n) is 18.0. The highest BCUT2D eigenvalue weighted by Crippen LogP contribution is 2.45. The maximum atomic E-state index is 13.8. The third-order valence-electron chi connectivity index (χ3n) is 12.8. The first-order valence-electron chi connectivity index (χ1n) is 22.7. The summed E-state index contributed by atoms with van der Waals surface area (Å²) in [6.07, 6.45) is 13.6. The Kier molecular flexibility index (Phi) is 19.7. The quantitative estimate of drug-likeness (QED) is 0.0659. The number of likely N-dealkylation sites (tertiary alicyclic amines) is 2. The molecule has 0 bridgehead atoms. The molecule has 2 N–H and O–H groups in total. The Morgan fingerprint density at radius 2 is 0.911 bits per heavy atom. The first kappa shape index (κ1) is 47.8. The highest BCUT2D eigenvalue weighted by Gasteiger charge is 2.62. The molecule has 3 rings (SSSR count). The number of β-lactam (4-membered cyclic amide) rings is 2. The Morgan fingerprint density at radius 1 is 0.571 bits per heavy atom.